The zero-order valence-corrected chi connectivity index (χ0v) is 19.0. The van der Waals surface area contributed by atoms with E-state index in [1.165, 1.54) is 11.8 Å². The molecule has 9 heteroatoms. The smallest absolute Gasteiger partial charge is 0.306 e. The summed E-state index contributed by atoms with van der Waals surface area (Å²) >= 11 is 1.47. The fraction of sp³-hybridized carbons (Fsp3) is 0.417. The average Bonchev–Trinajstić information content (AvgIpc) is 3.27. The van der Waals surface area contributed by atoms with E-state index in [1.807, 2.05) is 12.1 Å². The Balaban J connectivity index is 1.15. The number of nitrogens with zero attached hydrogens (tertiary/aromatic N) is 1. The maximum absolute atomic E-state index is 12.4. The van der Waals surface area contributed by atoms with Crippen molar-refractivity contribution in [1.82, 2.24) is 15.6 Å². The summed E-state index contributed by atoms with van der Waals surface area (Å²) in [5.74, 6) is -0.604. The van der Waals surface area contributed by atoms with Crippen LogP contribution in [-0.2, 0) is 16.0 Å². The first-order valence-electron chi connectivity index (χ1n) is 11.2. The first kappa shape index (κ1) is 23.1. The quantitative estimate of drug-likeness (QED) is 0.509. The van der Waals surface area contributed by atoms with Crippen LogP contribution in [0.15, 0.2) is 47.6 Å². The SMILES string of the molecule is O=C(NCCNC(=O)C1Cc2cccnc2S1)c1ccc(OC2CCC(C(=O)O)CC2)cc1. The van der Waals surface area contributed by atoms with E-state index >= 15 is 0 Å². The topological polar surface area (TPSA) is 118 Å². The van der Waals surface area contributed by atoms with Crippen LogP contribution in [0.4, 0.5) is 0 Å². The Bertz CT molecular complexity index is 980. The van der Waals surface area contributed by atoms with Crippen LogP contribution in [0, 0.1) is 5.92 Å². The number of hydrogen-bond acceptors (Lipinski definition) is 6. The minimum Gasteiger partial charge on any atom is -0.490 e. The molecule has 2 aliphatic rings. The van der Waals surface area contributed by atoms with Gasteiger partial charge in [0.15, 0.2) is 0 Å². The molecule has 1 aliphatic carbocycles. The monoisotopic (exact) mass is 469 g/mol. The summed E-state index contributed by atoms with van der Waals surface area (Å²) in [7, 11) is 0. The lowest BCUT2D eigenvalue weighted by atomic mass is 9.87. The number of aliphatic carboxylic acids is 1. The van der Waals surface area contributed by atoms with Gasteiger partial charge in [-0.2, -0.15) is 0 Å². The van der Waals surface area contributed by atoms with Gasteiger partial charge < -0.3 is 20.5 Å². The van der Waals surface area contributed by atoms with Gasteiger partial charge in [0.2, 0.25) is 5.91 Å². The van der Waals surface area contributed by atoms with Gasteiger partial charge in [0.05, 0.1) is 22.3 Å². The molecular weight excluding hydrogens is 442 g/mol. The number of carbonyl (C=O) groups is 3. The standard InChI is InChI=1S/C24H27N3O5S/c28-21(25-12-13-26-22(29)20-14-17-2-1-11-27-23(17)33-20)15-3-7-18(8-4-15)32-19-9-5-16(6-10-19)24(30)31/h1-4,7-8,11,16,19-20H,5-6,9-10,12-14H2,(H,25,28)(H,26,29)(H,30,31). The van der Waals surface area contributed by atoms with Crippen LogP contribution >= 0.6 is 11.8 Å². The lowest BCUT2D eigenvalue weighted by Crippen LogP contribution is -2.38. The van der Waals surface area contributed by atoms with Gasteiger partial charge in [-0.25, -0.2) is 4.98 Å². The van der Waals surface area contributed by atoms with Gasteiger partial charge in [0.25, 0.3) is 5.91 Å². The Morgan fingerprint density at radius 2 is 1.76 bits per heavy atom. The minimum absolute atomic E-state index is 0.00509. The largest absolute Gasteiger partial charge is 0.490 e. The number of carbonyl (C=O) groups excluding carboxylic acids is 2. The molecule has 0 saturated heterocycles. The molecule has 1 fully saturated rings. The molecule has 1 atom stereocenters. The van der Waals surface area contributed by atoms with E-state index < -0.39 is 5.97 Å². The number of aromatic nitrogens is 1. The van der Waals surface area contributed by atoms with Crippen molar-refractivity contribution in [3.05, 3.63) is 53.7 Å². The molecule has 0 spiro atoms. The predicted octanol–water partition coefficient (Wildman–Crippen LogP) is 2.67. The van der Waals surface area contributed by atoms with E-state index in [0.717, 1.165) is 10.6 Å². The van der Waals surface area contributed by atoms with Crippen molar-refractivity contribution in [3.8, 4) is 5.75 Å². The Morgan fingerprint density at radius 1 is 1.03 bits per heavy atom. The number of carboxylic acids is 1. The maximum Gasteiger partial charge on any atom is 0.306 e. The van der Waals surface area contributed by atoms with Crippen LogP contribution in [-0.4, -0.2) is 52.3 Å². The van der Waals surface area contributed by atoms with Crippen molar-refractivity contribution in [1.29, 1.82) is 0 Å². The van der Waals surface area contributed by atoms with Crippen LogP contribution in [0.5, 0.6) is 5.75 Å². The highest BCUT2D eigenvalue weighted by molar-refractivity contribution is 8.00. The third-order valence-electron chi connectivity index (χ3n) is 5.95. The maximum atomic E-state index is 12.4. The number of fused-ring (bicyclic) bond motifs is 1. The van der Waals surface area contributed by atoms with Crippen LogP contribution < -0.4 is 15.4 Å². The molecule has 1 unspecified atom stereocenters. The summed E-state index contributed by atoms with van der Waals surface area (Å²) in [6.07, 6.45) is 5.08. The minimum atomic E-state index is -0.733. The highest BCUT2D eigenvalue weighted by Gasteiger charge is 2.29. The van der Waals surface area contributed by atoms with E-state index in [-0.39, 0.29) is 29.1 Å². The third kappa shape index (κ3) is 6.04. The number of thioether (sulfide) groups is 1. The summed E-state index contributed by atoms with van der Waals surface area (Å²) in [5, 5.41) is 15.5. The lowest BCUT2D eigenvalue weighted by molar-refractivity contribution is -0.143. The summed E-state index contributed by atoms with van der Waals surface area (Å²) < 4.78 is 5.94. The van der Waals surface area contributed by atoms with E-state index in [9.17, 15) is 14.4 Å². The number of pyridine rings is 1. The summed E-state index contributed by atoms with van der Waals surface area (Å²) in [5.41, 5.74) is 1.60. The number of hydrogen-bond donors (Lipinski definition) is 3. The average molecular weight is 470 g/mol. The molecule has 4 rings (SSSR count). The fourth-order valence-corrected chi connectivity index (χ4v) is 5.24. The molecule has 174 valence electrons. The third-order valence-corrected chi connectivity index (χ3v) is 7.21. The van der Waals surface area contributed by atoms with Crippen molar-refractivity contribution in [2.75, 3.05) is 13.1 Å². The summed E-state index contributed by atoms with van der Waals surface area (Å²) in [6.45, 7) is 0.684. The number of carboxylic acid groups (broad SMARTS) is 1. The van der Waals surface area contributed by atoms with Crippen LogP contribution in [0.1, 0.15) is 41.6 Å². The van der Waals surface area contributed by atoms with Gasteiger partial charge in [-0.15, -0.1) is 0 Å². The summed E-state index contributed by atoms with van der Waals surface area (Å²) in [4.78, 5) is 40.1. The highest BCUT2D eigenvalue weighted by Crippen LogP contribution is 2.35. The van der Waals surface area contributed by atoms with Crippen molar-refractivity contribution < 1.29 is 24.2 Å². The van der Waals surface area contributed by atoms with E-state index in [1.54, 1.807) is 30.5 Å². The molecule has 33 heavy (non-hydrogen) atoms. The molecule has 1 saturated carbocycles. The Kier molecular flexibility index (Phi) is 7.49. The van der Waals surface area contributed by atoms with Crippen molar-refractivity contribution in [2.45, 2.75) is 48.5 Å². The number of nitrogens with one attached hydrogen (secondary N) is 2. The molecule has 1 aromatic carbocycles. The van der Waals surface area contributed by atoms with Crippen molar-refractivity contribution in [3.63, 3.8) is 0 Å². The number of ether oxygens (including phenoxy) is 1. The number of amides is 2. The Morgan fingerprint density at radius 3 is 2.45 bits per heavy atom. The van der Waals surface area contributed by atoms with Gasteiger partial charge in [-0.3, -0.25) is 14.4 Å². The van der Waals surface area contributed by atoms with Gasteiger partial charge in [0.1, 0.15) is 5.75 Å². The second kappa shape index (κ2) is 10.7. The molecule has 1 aromatic heterocycles. The Labute approximate surface area is 196 Å². The zero-order valence-electron chi connectivity index (χ0n) is 18.2. The van der Waals surface area contributed by atoms with E-state index in [2.05, 4.69) is 15.6 Å². The molecule has 0 bridgehead atoms. The van der Waals surface area contributed by atoms with Crippen molar-refractivity contribution in [2.24, 2.45) is 5.92 Å². The predicted molar refractivity (Wildman–Crippen MR) is 123 cm³/mol. The van der Waals surface area contributed by atoms with Gasteiger partial charge >= 0.3 is 5.97 Å². The van der Waals surface area contributed by atoms with Crippen molar-refractivity contribution >= 4 is 29.5 Å². The molecule has 0 radical (unpaired) electrons. The molecule has 2 amide bonds. The molecule has 2 heterocycles. The molecule has 8 nitrogen and oxygen atoms in total. The van der Waals surface area contributed by atoms with Crippen LogP contribution in [0.25, 0.3) is 0 Å². The molecular formula is C24H27N3O5S. The number of rotatable bonds is 8. The number of benzene rings is 1. The first-order chi connectivity index (χ1) is 16.0. The summed E-state index contributed by atoms with van der Waals surface area (Å²) in [6, 6.07) is 10.8. The van der Waals surface area contributed by atoms with Crippen LogP contribution in [0.3, 0.4) is 0 Å². The molecule has 2 aromatic rings. The fourth-order valence-electron chi connectivity index (χ4n) is 4.09. The zero-order chi connectivity index (χ0) is 23.2. The second-order valence-electron chi connectivity index (χ2n) is 8.28. The lowest BCUT2D eigenvalue weighted by Gasteiger charge is -2.26. The highest BCUT2D eigenvalue weighted by atomic mass is 32.2. The van der Waals surface area contributed by atoms with Gasteiger partial charge in [-0.1, -0.05) is 17.8 Å². The van der Waals surface area contributed by atoms with Gasteiger partial charge in [0, 0.05) is 24.8 Å². The molecule has 3 N–H and O–H groups in total. The normalized spacial score (nSPS) is 21.6. The van der Waals surface area contributed by atoms with Gasteiger partial charge in [-0.05, 0) is 68.0 Å². The first-order valence-corrected chi connectivity index (χ1v) is 12.0. The Hall–Kier alpha value is -3.07. The second-order valence-corrected chi connectivity index (χ2v) is 9.47. The van der Waals surface area contributed by atoms with E-state index in [4.69, 9.17) is 9.84 Å². The van der Waals surface area contributed by atoms with Crippen LogP contribution in [0.2, 0.25) is 0 Å². The van der Waals surface area contributed by atoms with E-state index in [0.29, 0.717) is 56.5 Å². The molecule has 1 aliphatic heterocycles.